The van der Waals surface area contributed by atoms with Gasteiger partial charge in [0.25, 0.3) is 0 Å². The zero-order valence-electron chi connectivity index (χ0n) is 10.7. The van der Waals surface area contributed by atoms with E-state index in [2.05, 4.69) is 19.2 Å². The molecule has 0 fully saturated rings. The third kappa shape index (κ3) is 6.95. The number of hydrogen-bond donors (Lipinski definition) is 1. The number of ether oxygens (including phenoxy) is 1. The highest BCUT2D eigenvalue weighted by Gasteiger charge is 1.95. The van der Waals surface area contributed by atoms with Gasteiger partial charge in [-0.3, -0.25) is 0 Å². The summed E-state index contributed by atoms with van der Waals surface area (Å²) >= 11 is 0. The fraction of sp³-hybridized carbons (Fsp3) is 0.571. The number of halogens is 1. The first-order valence-corrected chi connectivity index (χ1v) is 6.27. The number of nitrogens with one attached hydrogen (secondary N) is 1. The van der Waals surface area contributed by atoms with Crippen LogP contribution >= 0.6 is 0 Å². The maximum atomic E-state index is 12.6. The van der Waals surface area contributed by atoms with Gasteiger partial charge >= 0.3 is 0 Å². The summed E-state index contributed by atoms with van der Waals surface area (Å²) in [7, 11) is 0. The first kappa shape index (κ1) is 14.0. The summed E-state index contributed by atoms with van der Waals surface area (Å²) < 4.78 is 18.1. The van der Waals surface area contributed by atoms with Crippen molar-refractivity contribution in [3.05, 3.63) is 30.1 Å². The average Bonchev–Trinajstić information content (AvgIpc) is 2.30. The van der Waals surface area contributed by atoms with E-state index >= 15 is 0 Å². The molecule has 96 valence electrons. The summed E-state index contributed by atoms with van der Waals surface area (Å²) in [5, 5.41) is 3.32. The number of rotatable bonds is 8. The lowest BCUT2D eigenvalue weighted by atomic mass is 10.1. The van der Waals surface area contributed by atoms with Crippen LogP contribution in [0.25, 0.3) is 0 Å². The van der Waals surface area contributed by atoms with Crippen LogP contribution in [0.4, 0.5) is 4.39 Å². The normalized spacial score (nSPS) is 10.8. The highest BCUT2D eigenvalue weighted by molar-refractivity contribution is 5.21. The minimum atomic E-state index is -0.232. The molecule has 1 aromatic carbocycles. The smallest absolute Gasteiger partial charge is 0.123 e. The Balaban J connectivity index is 1.99. The molecule has 2 nitrogen and oxygen atoms in total. The van der Waals surface area contributed by atoms with Crippen LogP contribution in [0.15, 0.2) is 24.3 Å². The average molecular weight is 239 g/mol. The molecule has 0 aliphatic rings. The van der Waals surface area contributed by atoms with Crippen molar-refractivity contribution in [3.63, 3.8) is 0 Å². The van der Waals surface area contributed by atoms with E-state index in [1.807, 2.05) is 0 Å². The van der Waals surface area contributed by atoms with Crippen molar-refractivity contribution in [2.45, 2.75) is 26.7 Å². The van der Waals surface area contributed by atoms with Gasteiger partial charge < -0.3 is 10.1 Å². The van der Waals surface area contributed by atoms with Gasteiger partial charge in [0.05, 0.1) is 0 Å². The van der Waals surface area contributed by atoms with Crippen LogP contribution in [-0.2, 0) is 0 Å². The van der Waals surface area contributed by atoms with Crippen molar-refractivity contribution in [1.82, 2.24) is 5.32 Å². The molecule has 0 bridgehead atoms. The second-order valence-electron chi connectivity index (χ2n) is 4.59. The van der Waals surface area contributed by atoms with Gasteiger partial charge in [-0.05, 0) is 49.6 Å². The fourth-order valence-corrected chi connectivity index (χ4v) is 1.53. The van der Waals surface area contributed by atoms with Crippen molar-refractivity contribution in [1.29, 1.82) is 0 Å². The minimum Gasteiger partial charge on any atom is -0.492 e. The Hall–Kier alpha value is -1.09. The van der Waals surface area contributed by atoms with Crippen LogP contribution in [0, 0.1) is 11.7 Å². The Labute approximate surface area is 103 Å². The van der Waals surface area contributed by atoms with Crippen molar-refractivity contribution in [2.24, 2.45) is 5.92 Å². The fourth-order valence-electron chi connectivity index (χ4n) is 1.53. The molecule has 0 heterocycles. The van der Waals surface area contributed by atoms with Crippen molar-refractivity contribution < 1.29 is 9.13 Å². The second-order valence-corrected chi connectivity index (χ2v) is 4.59. The maximum absolute atomic E-state index is 12.6. The Kier molecular flexibility index (Phi) is 6.63. The molecule has 1 aromatic rings. The third-order valence-corrected chi connectivity index (χ3v) is 2.50. The van der Waals surface area contributed by atoms with Crippen LogP contribution in [0.1, 0.15) is 26.7 Å². The van der Waals surface area contributed by atoms with E-state index in [1.54, 1.807) is 12.1 Å². The van der Waals surface area contributed by atoms with Crippen LogP contribution < -0.4 is 10.1 Å². The lowest BCUT2D eigenvalue weighted by Gasteiger charge is -2.08. The minimum absolute atomic E-state index is 0.232. The second kappa shape index (κ2) is 8.07. The zero-order chi connectivity index (χ0) is 12.5. The quantitative estimate of drug-likeness (QED) is 0.703. The van der Waals surface area contributed by atoms with Gasteiger partial charge in [0.1, 0.15) is 18.2 Å². The molecule has 0 aliphatic heterocycles. The Bertz CT molecular complexity index is 298. The monoisotopic (exact) mass is 239 g/mol. The molecule has 0 saturated carbocycles. The van der Waals surface area contributed by atoms with Crippen LogP contribution in [0.3, 0.4) is 0 Å². The summed E-state index contributed by atoms with van der Waals surface area (Å²) in [4.78, 5) is 0. The first-order valence-electron chi connectivity index (χ1n) is 6.27. The molecule has 17 heavy (non-hydrogen) atoms. The number of benzene rings is 1. The largest absolute Gasteiger partial charge is 0.492 e. The van der Waals surface area contributed by atoms with Crippen molar-refractivity contribution >= 4 is 0 Å². The summed E-state index contributed by atoms with van der Waals surface area (Å²) in [6, 6.07) is 6.11. The highest BCUT2D eigenvalue weighted by atomic mass is 19.1. The molecule has 3 heteroatoms. The Morgan fingerprint density at radius 1 is 1.18 bits per heavy atom. The summed E-state index contributed by atoms with van der Waals surface area (Å²) in [5.41, 5.74) is 0. The third-order valence-electron chi connectivity index (χ3n) is 2.50. The lowest BCUT2D eigenvalue weighted by Crippen LogP contribution is -2.22. The van der Waals surface area contributed by atoms with Gasteiger partial charge in [-0.2, -0.15) is 0 Å². The summed E-state index contributed by atoms with van der Waals surface area (Å²) in [6.07, 6.45) is 2.46. The standard InChI is InChI=1S/C14H22FNO/c1-12(2)4-3-9-16-10-11-17-14-7-5-13(15)6-8-14/h5-8,12,16H,3-4,9-11H2,1-2H3. The molecule has 0 aliphatic carbocycles. The topological polar surface area (TPSA) is 21.3 Å². The molecular formula is C14H22FNO. The molecule has 0 aromatic heterocycles. The predicted molar refractivity (Wildman–Crippen MR) is 68.8 cm³/mol. The first-order chi connectivity index (χ1) is 8.18. The van der Waals surface area contributed by atoms with Gasteiger partial charge in [0, 0.05) is 6.54 Å². The molecular weight excluding hydrogens is 217 g/mol. The Morgan fingerprint density at radius 3 is 2.53 bits per heavy atom. The van der Waals surface area contributed by atoms with E-state index in [9.17, 15) is 4.39 Å². The molecule has 1 rings (SSSR count). The number of hydrogen-bond acceptors (Lipinski definition) is 2. The van der Waals surface area contributed by atoms with E-state index in [0.29, 0.717) is 6.61 Å². The van der Waals surface area contributed by atoms with E-state index in [0.717, 1.165) is 24.8 Å². The molecule has 0 atom stereocenters. The van der Waals surface area contributed by atoms with Gasteiger partial charge in [-0.1, -0.05) is 13.8 Å². The van der Waals surface area contributed by atoms with Crippen LogP contribution in [-0.4, -0.2) is 19.7 Å². The van der Waals surface area contributed by atoms with E-state index in [-0.39, 0.29) is 5.82 Å². The highest BCUT2D eigenvalue weighted by Crippen LogP contribution is 2.10. The molecule has 0 spiro atoms. The zero-order valence-corrected chi connectivity index (χ0v) is 10.7. The molecule has 0 amide bonds. The van der Waals surface area contributed by atoms with Gasteiger partial charge in [-0.15, -0.1) is 0 Å². The molecule has 0 radical (unpaired) electrons. The summed E-state index contributed by atoms with van der Waals surface area (Å²) in [5.74, 6) is 1.26. The van der Waals surface area contributed by atoms with E-state index in [4.69, 9.17) is 4.74 Å². The van der Waals surface area contributed by atoms with Crippen molar-refractivity contribution in [3.8, 4) is 5.75 Å². The van der Waals surface area contributed by atoms with E-state index in [1.165, 1.54) is 25.0 Å². The molecule has 1 N–H and O–H groups in total. The van der Waals surface area contributed by atoms with Gasteiger partial charge in [0.2, 0.25) is 0 Å². The molecule has 0 unspecified atom stereocenters. The van der Waals surface area contributed by atoms with Crippen molar-refractivity contribution in [2.75, 3.05) is 19.7 Å². The molecule has 0 saturated heterocycles. The summed E-state index contributed by atoms with van der Waals surface area (Å²) in [6.45, 7) is 6.95. The van der Waals surface area contributed by atoms with Crippen LogP contribution in [0.2, 0.25) is 0 Å². The van der Waals surface area contributed by atoms with Crippen LogP contribution in [0.5, 0.6) is 5.75 Å². The maximum Gasteiger partial charge on any atom is 0.123 e. The lowest BCUT2D eigenvalue weighted by molar-refractivity contribution is 0.312. The van der Waals surface area contributed by atoms with Gasteiger partial charge in [0.15, 0.2) is 0 Å². The van der Waals surface area contributed by atoms with Gasteiger partial charge in [-0.25, -0.2) is 4.39 Å². The predicted octanol–water partition coefficient (Wildman–Crippen LogP) is 3.23. The van der Waals surface area contributed by atoms with E-state index < -0.39 is 0 Å². The SMILES string of the molecule is CC(C)CCCNCCOc1ccc(F)cc1. The Morgan fingerprint density at radius 2 is 1.88 bits per heavy atom.